The summed E-state index contributed by atoms with van der Waals surface area (Å²) in [7, 11) is 0. The molecule has 1 aliphatic heterocycles. The Kier molecular flexibility index (Phi) is 5.35. The SMILES string of the molecule is CC1CC(C(=O)O)CN(C(=O)Cc2ccc([N+](=O)[O-])cc2Br)C1. The van der Waals surface area contributed by atoms with Crippen molar-refractivity contribution < 1.29 is 19.6 Å². The van der Waals surface area contributed by atoms with Crippen LogP contribution in [0.25, 0.3) is 0 Å². The fourth-order valence-electron chi connectivity index (χ4n) is 2.80. The van der Waals surface area contributed by atoms with E-state index in [1.165, 1.54) is 12.1 Å². The van der Waals surface area contributed by atoms with Gasteiger partial charge in [0.25, 0.3) is 5.69 Å². The van der Waals surface area contributed by atoms with E-state index in [0.29, 0.717) is 23.0 Å². The van der Waals surface area contributed by atoms with Crippen molar-refractivity contribution in [2.45, 2.75) is 19.8 Å². The lowest BCUT2D eigenvalue weighted by Crippen LogP contribution is -2.46. The molecule has 23 heavy (non-hydrogen) atoms. The van der Waals surface area contributed by atoms with E-state index in [1.54, 1.807) is 11.0 Å². The molecule has 1 saturated heterocycles. The number of non-ortho nitro benzene ring substituents is 1. The van der Waals surface area contributed by atoms with Crippen molar-refractivity contribution in [2.75, 3.05) is 13.1 Å². The zero-order chi connectivity index (χ0) is 17.1. The molecule has 1 aliphatic rings. The predicted molar refractivity (Wildman–Crippen MR) is 86.0 cm³/mol. The van der Waals surface area contributed by atoms with Gasteiger partial charge in [0.05, 0.1) is 17.3 Å². The zero-order valence-corrected chi connectivity index (χ0v) is 14.2. The maximum absolute atomic E-state index is 12.4. The highest BCUT2D eigenvalue weighted by Crippen LogP contribution is 2.26. The molecule has 1 aromatic carbocycles. The van der Waals surface area contributed by atoms with Gasteiger partial charge < -0.3 is 10.0 Å². The Morgan fingerprint density at radius 3 is 2.70 bits per heavy atom. The number of likely N-dealkylation sites (tertiary alicyclic amines) is 1. The maximum atomic E-state index is 12.4. The van der Waals surface area contributed by atoms with Gasteiger partial charge in [-0.15, -0.1) is 0 Å². The van der Waals surface area contributed by atoms with Gasteiger partial charge in [0.1, 0.15) is 0 Å². The molecule has 0 spiro atoms. The molecular weight excluding hydrogens is 368 g/mol. The molecule has 2 unspecified atom stereocenters. The summed E-state index contributed by atoms with van der Waals surface area (Å²) in [5, 5.41) is 19.9. The van der Waals surface area contributed by atoms with Crippen LogP contribution in [-0.4, -0.2) is 39.9 Å². The number of carboxylic acids is 1. The minimum absolute atomic E-state index is 0.0504. The van der Waals surface area contributed by atoms with Gasteiger partial charge in [-0.05, 0) is 17.9 Å². The standard InChI is InChI=1S/C15H17BrN2O5/c1-9-4-11(15(20)21)8-17(7-9)14(19)5-10-2-3-12(18(22)23)6-13(10)16/h2-3,6,9,11H,4-5,7-8H2,1H3,(H,20,21). The highest BCUT2D eigenvalue weighted by molar-refractivity contribution is 9.10. The molecule has 1 N–H and O–H groups in total. The van der Waals surface area contributed by atoms with Gasteiger partial charge in [-0.3, -0.25) is 19.7 Å². The fourth-order valence-corrected chi connectivity index (χ4v) is 3.31. The van der Waals surface area contributed by atoms with Crippen LogP contribution in [0.5, 0.6) is 0 Å². The van der Waals surface area contributed by atoms with Crippen molar-refractivity contribution in [3.8, 4) is 0 Å². The molecule has 0 aliphatic carbocycles. The maximum Gasteiger partial charge on any atom is 0.308 e. The van der Waals surface area contributed by atoms with Gasteiger partial charge in [0, 0.05) is 29.7 Å². The van der Waals surface area contributed by atoms with Gasteiger partial charge in [-0.2, -0.15) is 0 Å². The molecule has 1 aromatic rings. The van der Waals surface area contributed by atoms with Crippen LogP contribution in [0.4, 0.5) is 5.69 Å². The van der Waals surface area contributed by atoms with Crippen LogP contribution < -0.4 is 0 Å². The monoisotopic (exact) mass is 384 g/mol. The number of carbonyl (C=O) groups excluding carboxylic acids is 1. The fraction of sp³-hybridized carbons (Fsp3) is 0.467. The largest absolute Gasteiger partial charge is 0.481 e. The Morgan fingerprint density at radius 1 is 1.43 bits per heavy atom. The first-order chi connectivity index (χ1) is 10.8. The summed E-state index contributed by atoms with van der Waals surface area (Å²) < 4.78 is 0.500. The molecule has 1 fully saturated rings. The molecule has 1 amide bonds. The number of nitrogens with zero attached hydrogens (tertiary/aromatic N) is 2. The summed E-state index contributed by atoms with van der Waals surface area (Å²) in [5.74, 6) is -1.46. The van der Waals surface area contributed by atoms with Crippen molar-refractivity contribution in [1.82, 2.24) is 4.90 Å². The number of nitro benzene ring substituents is 1. The minimum Gasteiger partial charge on any atom is -0.481 e. The summed E-state index contributed by atoms with van der Waals surface area (Å²) in [6.45, 7) is 2.67. The van der Waals surface area contributed by atoms with Crippen LogP contribution in [0.2, 0.25) is 0 Å². The number of nitro groups is 1. The number of aliphatic carboxylic acids is 1. The van der Waals surface area contributed by atoms with Crippen molar-refractivity contribution in [2.24, 2.45) is 11.8 Å². The summed E-state index contributed by atoms with van der Waals surface area (Å²) in [6.07, 6.45) is 0.651. The van der Waals surface area contributed by atoms with Crippen LogP contribution in [-0.2, 0) is 16.0 Å². The smallest absolute Gasteiger partial charge is 0.308 e. The predicted octanol–water partition coefficient (Wildman–Crippen LogP) is 2.47. The van der Waals surface area contributed by atoms with Crippen LogP contribution in [0, 0.1) is 22.0 Å². The van der Waals surface area contributed by atoms with Crippen LogP contribution in [0.1, 0.15) is 18.9 Å². The molecule has 7 nitrogen and oxygen atoms in total. The number of halogens is 1. The molecule has 0 aromatic heterocycles. The third-order valence-electron chi connectivity index (χ3n) is 3.95. The lowest BCUT2D eigenvalue weighted by atomic mass is 9.90. The molecule has 8 heteroatoms. The summed E-state index contributed by atoms with van der Waals surface area (Å²) >= 11 is 3.25. The average molecular weight is 385 g/mol. The second-order valence-electron chi connectivity index (χ2n) is 5.88. The molecular formula is C15H17BrN2O5. The van der Waals surface area contributed by atoms with Crippen LogP contribution in [0.3, 0.4) is 0 Å². The highest BCUT2D eigenvalue weighted by atomic mass is 79.9. The first kappa shape index (κ1) is 17.4. The van der Waals surface area contributed by atoms with Crippen molar-refractivity contribution in [3.05, 3.63) is 38.3 Å². The number of carbonyl (C=O) groups is 2. The lowest BCUT2D eigenvalue weighted by Gasteiger charge is -2.34. The number of piperidine rings is 1. The van der Waals surface area contributed by atoms with E-state index in [0.717, 1.165) is 0 Å². The summed E-state index contributed by atoms with van der Waals surface area (Å²) in [6, 6.07) is 4.26. The third-order valence-corrected chi connectivity index (χ3v) is 4.69. The highest BCUT2D eigenvalue weighted by Gasteiger charge is 2.31. The van der Waals surface area contributed by atoms with Gasteiger partial charge in [-0.25, -0.2) is 0 Å². The first-order valence-electron chi connectivity index (χ1n) is 7.21. The van der Waals surface area contributed by atoms with Crippen molar-refractivity contribution in [1.29, 1.82) is 0 Å². The van der Waals surface area contributed by atoms with Crippen molar-refractivity contribution >= 4 is 33.5 Å². The Labute approximate surface area is 141 Å². The minimum atomic E-state index is -0.883. The van der Waals surface area contributed by atoms with E-state index in [1.807, 2.05) is 6.92 Å². The Hall–Kier alpha value is -1.96. The van der Waals surface area contributed by atoms with Crippen LogP contribution in [0.15, 0.2) is 22.7 Å². The molecule has 0 saturated carbocycles. The zero-order valence-electron chi connectivity index (χ0n) is 12.6. The average Bonchev–Trinajstić information content (AvgIpc) is 2.48. The van der Waals surface area contributed by atoms with Gasteiger partial charge >= 0.3 is 5.97 Å². The second kappa shape index (κ2) is 7.08. The normalized spacial score (nSPS) is 21.0. The van der Waals surface area contributed by atoms with E-state index in [-0.39, 0.29) is 30.5 Å². The van der Waals surface area contributed by atoms with Gasteiger partial charge in [-0.1, -0.05) is 28.9 Å². The lowest BCUT2D eigenvalue weighted by molar-refractivity contribution is -0.384. The number of rotatable bonds is 4. The second-order valence-corrected chi connectivity index (χ2v) is 6.74. The topological polar surface area (TPSA) is 101 Å². The third kappa shape index (κ3) is 4.28. The molecule has 2 atom stereocenters. The summed E-state index contributed by atoms with van der Waals surface area (Å²) in [5.41, 5.74) is 0.594. The van der Waals surface area contributed by atoms with Crippen LogP contribution >= 0.6 is 15.9 Å². The molecule has 0 radical (unpaired) electrons. The quantitative estimate of drug-likeness (QED) is 0.634. The van der Waals surface area contributed by atoms with Gasteiger partial charge in [0.15, 0.2) is 0 Å². The number of hydrogen-bond donors (Lipinski definition) is 1. The van der Waals surface area contributed by atoms with E-state index in [4.69, 9.17) is 5.11 Å². The van der Waals surface area contributed by atoms with Crippen molar-refractivity contribution in [3.63, 3.8) is 0 Å². The number of amides is 1. The molecule has 0 bridgehead atoms. The van der Waals surface area contributed by atoms with E-state index in [9.17, 15) is 19.7 Å². The summed E-state index contributed by atoms with van der Waals surface area (Å²) in [4.78, 5) is 35.4. The molecule has 1 heterocycles. The van der Waals surface area contributed by atoms with E-state index in [2.05, 4.69) is 15.9 Å². The molecule has 2 rings (SSSR count). The molecule has 124 valence electrons. The van der Waals surface area contributed by atoms with E-state index >= 15 is 0 Å². The number of carboxylic acid groups (broad SMARTS) is 1. The Balaban J connectivity index is 2.09. The van der Waals surface area contributed by atoms with Gasteiger partial charge in [0.2, 0.25) is 5.91 Å². The van der Waals surface area contributed by atoms with E-state index < -0.39 is 16.8 Å². The first-order valence-corrected chi connectivity index (χ1v) is 8.00. The Morgan fingerprint density at radius 2 is 2.13 bits per heavy atom. The number of hydrogen-bond acceptors (Lipinski definition) is 4. The number of benzene rings is 1. The Bertz CT molecular complexity index is 649.